The van der Waals surface area contributed by atoms with E-state index in [4.69, 9.17) is 0 Å². The van der Waals surface area contributed by atoms with Crippen LogP contribution in [0.4, 0.5) is 0 Å². The largest absolute Gasteiger partial charge is 0.361 e. The van der Waals surface area contributed by atoms with Gasteiger partial charge in [-0.3, -0.25) is 4.79 Å². The molecule has 114 valence electrons. The van der Waals surface area contributed by atoms with E-state index in [1.165, 1.54) is 5.56 Å². The van der Waals surface area contributed by atoms with Crippen molar-refractivity contribution in [3.63, 3.8) is 0 Å². The van der Waals surface area contributed by atoms with Crippen LogP contribution >= 0.6 is 0 Å². The van der Waals surface area contributed by atoms with Gasteiger partial charge in [-0.2, -0.15) is 5.10 Å². The van der Waals surface area contributed by atoms with Gasteiger partial charge in [0, 0.05) is 28.6 Å². The Bertz CT molecular complexity index is 866. The number of carbonyl (C=O) groups is 1. The summed E-state index contributed by atoms with van der Waals surface area (Å²) < 4.78 is 0. The molecule has 1 saturated carbocycles. The van der Waals surface area contributed by atoms with Crippen LogP contribution in [0.5, 0.6) is 0 Å². The van der Waals surface area contributed by atoms with Crippen molar-refractivity contribution in [2.75, 3.05) is 0 Å². The number of benzene rings is 2. The van der Waals surface area contributed by atoms with Crippen LogP contribution in [0.2, 0.25) is 0 Å². The Morgan fingerprint density at radius 3 is 2.78 bits per heavy atom. The minimum atomic E-state index is -0.00468. The number of aromatic amines is 1. The number of amides is 1. The van der Waals surface area contributed by atoms with Gasteiger partial charge in [0.1, 0.15) is 0 Å². The molecule has 1 aromatic heterocycles. The topological polar surface area (TPSA) is 57.2 Å². The average molecular weight is 303 g/mol. The zero-order valence-corrected chi connectivity index (χ0v) is 12.6. The number of hydrogen-bond donors (Lipinski definition) is 2. The summed E-state index contributed by atoms with van der Waals surface area (Å²) >= 11 is 0. The van der Waals surface area contributed by atoms with Gasteiger partial charge >= 0.3 is 0 Å². The van der Waals surface area contributed by atoms with Crippen LogP contribution in [0.15, 0.2) is 65.9 Å². The van der Waals surface area contributed by atoms with Gasteiger partial charge in [0.15, 0.2) is 0 Å². The van der Waals surface area contributed by atoms with E-state index < -0.39 is 0 Å². The number of H-pyrrole nitrogens is 1. The lowest BCUT2D eigenvalue weighted by molar-refractivity contribution is -0.122. The lowest BCUT2D eigenvalue weighted by Crippen LogP contribution is -2.20. The highest BCUT2D eigenvalue weighted by atomic mass is 16.2. The van der Waals surface area contributed by atoms with Gasteiger partial charge in [-0.15, -0.1) is 0 Å². The summed E-state index contributed by atoms with van der Waals surface area (Å²) in [6.45, 7) is 0. The summed E-state index contributed by atoms with van der Waals surface area (Å²) in [4.78, 5) is 15.3. The third-order valence-electron chi connectivity index (χ3n) is 4.35. The van der Waals surface area contributed by atoms with Gasteiger partial charge in [0.2, 0.25) is 5.91 Å². The van der Waals surface area contributed by atoms with Crippen LogP contribution < -0.4 is 5.43 Å². The van der Waals surface area contributed by atoms with Crippen molar-refractivity contribution < 1.29 is 4.79 Å². The van der Waals surface area contributed by atoms with Crippen LogP contribution in [-0.4, -0.2) is 17.1 Å². The number of rotatable bonds is 4. The molecule has 0 radical (unpaired) electrons. The fourth-order valence-corrected chi connectivity index (χ4v) is 3.00. The molecule has 0 unspecified atom stereocenters. The highest BCUT2D eigenvalue weighted by Gasteiger charge is 2.43. The molecule has 1 heterocycles. The molecular weight excluding hydrogens is 286 g/mol. The van der Waals surface area contributed by atoms with Gasteiger partial charge < -0.3 is 4.98 Å². The molecule has 2 atom stereocenters. The van der Waals surface area contributed by atoms with Crippen LogP contribution in [0, 0.1) is 5.92 Å². The van der Waals surface area contributed by atoms with Crippen molar-refractivity contribution in [1.29, 1.82) is 0 Å². The number of carbonyl (C=O) groups excluding carboxylic acids is 1. The number of nitrogens with zero attached hydrogens (tertiary/aromatic N) is 1. The molecule has 1 fully saturated rings. The summed E-state index contributed by atoms with van der Waals surface area (Å²) in [6, 6.07) is 18.2. The predicted octanol–water partition coefficient (Wildman–Crippen LogP) is 3.42. The van der Waals surface area contributed by atoms with Crippen molar-refractivity contribution in [3.05, 3.63) is 71.9 Å². The molecule has 23 heavy (non-hydrogen) atoms. The number of nitrogens with one attached hydrogen (secondary N) is 2. The summed E-state index contributed by atoms with van der Waals surface area (Å²) in [6.07, 6.45) is 4.49. The van der Waals surface area contributed by atoms with Crippen molar-refractivity contribution in [2.45, 2.75) is 12.3 Å². The standard InChI is InChI=1S/C19H17N3O/c23-19(17-10-16(17)13-6-2-1-3-7-13)22-21-12-14-11-20-18-9-5-4-8-15(14)18/h1-9,11-12,16-17,20H,10H2,(H,22,23)/b21-12-/t16-,17+/m1/s1. The minimum absolute atomic E-state index is 0.00468. The van der Waals surface area contributed by atoms with Crippen molar-refractivity contribution in [1.82, 2.24) is 10.4 Å². The van der Waals surface area contributed by atoms with E-state index in [0.29, 0.717) is 5.92 Å². The molecular formula is C19H17N3O. The average Bonchev–Trinajstić information content (AvgIpc) is 3.31. The van der Waals surface area contributed by atoms with E-state index in [1.54, 1.807) is 6.21 Å². The Morgan fingerprint density at radius 1 is 1.13 bits per heavy atom. The number of aromatic nitrogens is 1. The van der Waals surface area contributed by atoms with Crippen LogP contribution in [0.25, 0.3) is 10.9 Å². The molecule has 0 aliphatic heterocycles. The summed E-state index contributed by atoms with van der Waals surface area (Å²) in [5, 5.41) is 5.21. The molecule has 2 N–H and O–H groups in total. The Balaban J connectivity index is 1.39. The second-order valence-corrected chi connectivity index (χ2v) is 5.88. The molecule has 3 aromatic rings. The number of fused-ring (bicyclic) bond motifs is 1. The molecule has 2 aromatic carbocycles. The molecule has 0 bridgehead atoms. The minimum Gasteiger partial charge on any atom is -0.361 e. The van der Waals surface area contributed by atoms with Crippen molar-refractivity contribution >= 4 is 23.0 Å². The maximum atomic E-state index is 12.1. The monoisotopic (exact) mass is 303 g/mol. The smallest absolute Gasteiger partial charge is 0.243 e. The molecule has 0 saturated heterocycles. The van der Waals surface area contributed by atoms with Crippen molar-refractivity contribution in [3.8, 4) is 0 Å². The number of para-hydroxylation sites is 1. The quantitative estimate of drug-likeness (QED) is 0.563. The van der Waals surface area contributed by atoms with Crippen LogP contribution in [0.1, 0.15) is 23.5 Å². The van der Waals surface area contributed by atoms with Gasteiger partial charge in [-0.05, 0) is 24.0 Å². The summed E-state index contributed by atoms with van der Waals surface area (Å²) in [7, 11) is 0. The summed E-state index contributed by atoms with van der Waals surface area (Å²) in [5.74, 6) is 0.368. The van der Waals surface area contributed by atoms with Crippen LogP contribution in [0.3, 0.4) is 0 Å². The van der Waals surface area contributed by atoms with Gasteiger partial charge in [-0.25, -0.2) is 5.43 Å². The summed E-state index contributed by atoms with van der Waals surface area (Å²) in [5.41, 5.74) is 5.92. The first-order chi connectivity index (χ1) is 11.3. The SMILES string of the molecule is O=C(N/N=C\c1c[nH]c2ccccc12)[C@H]1C[C@@H]1c1ccccc1. The maximum absolute atomic E-state index is 12.1. The Hall–Kier alpha value is -2.88. The van der Waals surface area contributed by atoms with E-state index in [1.807, 2.05) is 48.7 Å². The van der Waals surface area contributed by atoms with Gasteiger partial charge in [0.05, 0.1) is 6.21 Å². The van der Waals surface area contributed by atoms with Gasteiger partial charge in [-0.1, -0.05) is 48.5 Å². The Morgan fingerprint density at radius 2 is 1.91 bits per heavy atom. The first-order valence-corrected chi connectivity index (χ1v) is 7.77. The fraction of sp³-hybridized carbons (Fsp3) is 0.158. The van der Waals surface area contributed by atoms with E-state index in [0.717, 1.165) is 22.9 Å². The third-order valence-corrected chi connectivity index (χ3v) is 4.35. The first kappa shape index (κ1) is 13.8. The zero-order valence-electron chi connectivity index (χ0n) is 12.6. The second-order valence-electron chi connectivity index (χ2n) is 5.88. The zero-order chi connectivity index (χ0) is 15.6. The number of hydrogen-bond acceptors (Lipinski definition) is 2. The third kappa shape index (κ3) is 2.75. The molecule has 1 aliphatic carbocycles. The fourth-order valence-electron chi connectivity index (χ4n) is 3.00. The molecule has 0 spiro atoms. The number of hydrazone groups is 1. The first-order valence-electron chi connectivity index (χ1n) is 7.77. The van der Waals surface area contributed by atoms with E-state index in [9.17, 15) is 4.79 Å². The van der Waals surface area contributed by atoms with Gasteiger partial charge in [0.25, 0.3) is 0 Å². The maximum Gasteiger partial charge on any atom is 0.243 e. The lowest BCUT2D eigenvalue weighted by Gasteiger charge is -1.99. The Labute approximate surface area is 134 Å². The van der Waals surface area contributed by atoms with Crippen molar-refractivity contribution in [2.24, 2.45) is 11.0 Å². The van der Waals surface area contributed by atoms with Crippen LogP contribution in [-0.2, 0) is 4.79 Å². The molecule has 4 rings (SSSR count). The predicted molar refractivity (Wildman–Crippen MR) is 91.3 cm³/mol. The second kappa shape index (κ2) is 5.72. The Kier molecular flexibility index (Phi) is 3.42. The molecule has 1 aliphatic rings. The molecule has 4 heteroatoms. The van der Waals surface area contributed by atoms with E-state index in [-0.39, 0.29) is 11.8 Å². The highest BCUT2D eigenvalue weighted by molar-refractivity contribution is 5.99. The highest BCUT2D eigenvalue weighted by Crippen LogP contribution is 2.47. The van der Waals surface area contributed by atoms with E-state index in [2.05, 4.69) is 27.6 Å². The lowest BCUT2D eigenvalue weighted by atomic mass is 10.1. The normalized spacial score (nSPS) is 20.0. The molecule has 4 nitrogen and oxygen atoms in total. The molecule has 1 amide bonds. The van der Waals surface area contributed by atoms with E-state index >= 15 is 0 Å².